The van der Waals surface area contributed by atoms with Crippen molar-refractivity contribution in [1.29, 1.82) is 0 Å². The van der Waals surface area contributed by atoms with Gasteiger partial charge in [0.2, 0.25) is 5.95 Å². The first kappa shape index (κ1) is 13.2. The van der Waals surface area contributed by atoms with Gasteiger partial charge in [-0.2, -0.15) is 0 Å². The molecule has 5 nitrogen and oxygen atoms in total. The Morgan fingerprint density at radius 1 is 1.42 bits per heavy atom. The van der Waals surface area contributed by atoms with Crippen molar-refractivity contribution in [3.05, 3.63) is 51.7 Å². The summed E-state index contributed by atoms with van der Waals surface area (Å²) in [6, 6.07) is 5.72. The van der Waals surface area contributed by atoms with E-state index < -0.39 is 0 Å². The second-order valence-corrected chi connectivity index (χ2v) is 4.10. The van der Waals surface area contributed by atoms with Crippen LogP contribution in [-0.2, 0) is 11.3 Å². The topological polar surface area (TPSA) is 67.0 Å². The molecular weight excluding hydrogens is 249 g/mol. The van der Waals surface area contributed by atoms with Crippen molar-refractivity contribution in [1.82, 2.24) is 9.97 Å². The normalized spacial score (nSPS) is 10.5. The average Bonchev–Trinajstić information content (AvgIpc) is 2.33. The first-order valence-electron chi connectivity index (χ1n) is 5.71. The zero-order chi connectivity index (χ0) is 13.8. The Bertz CT molecular complexity index is 640. The maximum Gasteiger partial charge on any atom is 0.252 e. The Balaban J connectivity index is 2.32. The number of halogens is 1. The highest BCUT2D eigenvalue weighted by atomic mass is 19.1. The minimum absolute atomic E-state index is 0.237. The van der Waals surface area contributed by atoms with Crippen LogP contribution in [0.3, 0.4) is 0 Å². The van der Waals surface area contributed by atoms with Crippen LogP contribution < -0.4 is 10.9 Å². The summed E-state index contributed by atoms with van der Waals surface area (Å²) in [6.45, 7) is 2.07. The highest BCUT2D eigenvalue weighted by Gasteiger charge is 2.05. The van der Waals surface area contributed by atoms with Gasteiger partial charge in [0.05, 0.1) is 12.3 Å². The molecule has 2 aromatic rings. The van der Waals surface area contributed by atoms with Crippen molar-refractivity contribution in [2.45, 2.75) is 13.5 Å². The number of methoxy groups -OCH3 is 1. The van der Waals surface area contributed by atoms with Crippen molar-refractivity contribution >= 4 is 11.6 Å². The maximum atomic E-state index is 13.2. The Labute approximate surface area is 109 Å². The molecule has 0 amide bonds. The lowest BCUT2D eigenvalue weighted by atomic mass is 10.2. The van der Waals surface area contributed by atoms with Crippen LogP contribution in [0.1, 0.15) is 11.3 Å². The van der Waals surface area contributed by atoms with E-state index in [-0.39, 0.29) is 23.9 Å². The number of anilines is 2. The summed E-state index contributed by atoms with van der Waals surface area (Å²) in [4.78, 5) is 18.2. The zero-order valence-corrected chi connectivity index (χ0v) is 10.7. The molecule has 1 heterocycles. The molecule has 0 saturated carbocycles. The number of rotatable bonds is 4. The Hall–Kier alpha value is -2.21. The van der Waals surface area contributed by atoms with Crippen LogP contribution >= 0.6 is 0 Å². The summed E-state index contributed by atoms with van der Waals surface area (Å²) in [7, 11) is 1.52. The molecule has 0 aliphatic heterocycles. The first-order chi connectivity index (χ1) is 9.08. The monoisotopic (exact) mass is 263 g/mol. The lowest BCUT2D eigenvalue weighted by Gasteiger charge is -2.09. The van der Waals surface area contributed by atoms with Gasteiger partial charge in [0, 0.05) is 18.9 Å². The number of benzene rings is 1. The van der Waals surface area contributed by atoms with E-state index in [0.717, 1.165) is 5.56 Å². The molecule has 0 aliphatic rings. The molecule has 0 atom stereocenters. The van der Waals surface area contributed by atoms with Gasteiger partial charge in [-0.1, -0.05) is 6.07 Å². The van der Waals surface area contributed by atoms with Gasteiger partial charge in [-0.25, -0.2) is 9.37 Å². The van der Waals surface area contributed by atoms with E-state index in [9.17, 15) is 9.18 Å². The van der Waals surface area contributed by atoms with E-state index in [1.807, 2.05) is 6.92 Å². The number of aromatic nitrogens is 2. The van der Waals surface area contributed by atoms with E-state index >= 15 is 0 Å². The minimum Gasteiger partial charge on any atom is -0.378 e. The van der Waals surface area contributed by atoms with Gasteiger partial charge < -0.3 is 10.1 Å². The lowest BCUT2D eigenvalue weighted by molar-refractivity contribution is 0.181. The summed E-state index contributed by atoms with van der Waals surface area (Å²) in [5.41, 5.74) is 1.61. The van der Waals surface area contributed by atoms with Gasteiger partial charge in [-0.15, -0.1) is 0 Å². The number of aryl methyl sites for hydroxylation is 1. The third-order valence-corrected chi connectivity index (χ3v) is 2.54. The molecule has 19 heavy (non-hydrogen) atoms. The number of hydrogen-bond acceptors (Lipinski definition) is 4. The maximum absolute atomic E-state index is 13.2. The molecule has 2 rings (SSSR count). The molecule has 1 aromatic carbocycles. The van der Waals surface area contributed by atoms with Crippen molar-refractivity contribution in [3.63, 3.8) is 0 Å². The van der Waals surface area contributed by atoms with Gasteiger partial charge in [-0.3, -0.25) is 9.78 Å². The highest BCUT2D eigenvalue weighted by Crippen LogP contribution is 2.18. The van der Waals surface area contributed by atoms with E-state index in [1.165, 1.54) is 25.3 Å². The lowest BCUT2D eigenvalue weighted by Crippen LogP contribution is -2.12. The molecule has 0 fully saturated rings. The van der Waals surface area contributed by atoms with Crippen LogP contribution in [0.15, 0.2) is 29.1 Å². The minimum atomic E-state index is -0.358. The molecular formula is C13H14FN3O2. The number of nitrogens with zero attached hydrogens (tertiary/aromatic N) is 1. The Morgan fingerprint density at radius 2 is 2.21 bits per heavy atom. The number of hydrogen-bond donors (Lipinski definition) is 2. The molecule has 0 bridgehead atoms. The smallest absolute Gasteiger partial charge is 0.252 e. The summed E-state index contributed by atoms with van der Waals surface area (Å²) >= 11 is 0. The third-order valence-electron chi connectivity index (χ3n) is 2.54. The quantitative estimate of drug-likeness (QED) is 0.886. The standard InChI is InChI=1S/C13H14FN3O2/c1-8-3-4-9(14)5-11(8)16-13-15-10(7-19-2)6-12(18)17-13/h3-6H,7H2,1-2H3,(H2,15,16,17,18). The average molecular weight is 263 g/mol. The van der Waals surface area contributed by atoms with Gasteiger partial charge in [-0.05, 0) is 24.6 Å². The van der Waals surface area contributed by atoms with Crippen molar-refractivity contribution in [3.8, 4) is 0 Å². The number of H-pyrrole nitrogens is 1. The van der Waals surface area contributed by atoms with E-state index in [4.69, 9.17) is 4.74 Å². The van der Waals surface area contributed by atoms with Gasteiger partial charge in [0.25, 0.3) is 5.56 Å². The molecule has 0 unspecified atom stereocenters. The number of aromatic amines is 1. The van der Waals surface area contributed by atoms with E-state index in [2.05, 4.69) is 15.3 Å². The highest BCUT2D eigenvalue weighted by molar-refractivity contribution is 5.58. The fraction of sp³-hybridized carbons (Fsp3) is 0.231. The van der Waals surface area contributed by atoms with Crippen molar-refractivity contribution in [2.24, 2.45) is 0 Å². The Kier molecular flexibility index (Phi) is 3.91. The summed E-state index contributed by atoms with van der Waals surface area (Å²) in [5, 5.41) is 2.89. The van der Waals surface area contributed by atoms with Gasteiger partial charge in [0.1, 0.15) is 5.82 Å². The fourth-order valence-corrected chi connectivity index (χ4v) is 1.65. The summed E-state index contributed by atoms with van der Waals surface area (Å²) < 4.78 is 18.1. The molecule has 0 aliphatic carbocycles. The molecule has 6 heteroatoms. The molecule has 0 radical (unpaired) electrons. The van der Waals surface area contributed by atoms with Gasteiger partial charge in [0.15, 0.2) is 0 Å². The molecule has 1 aromatic heterocycles. The van der Waals surface area contributed by atoms with Crippen LogP contribution in [0.4, 0.5) is 16.0 Å². The van der Waals surface area contributed by atoms with Gasteiger partial charge >= 0.3 is 0 Å². The number of nitrogens with one attached hydrogen (secondary N) is 2. The van der Waals surface area contributed by atoms with E-state index in [0.29, 0.717) is 11.4 Å². The van der Waals surface area contributed by atoms with Crippen molar-refractivity contribution < 1.29 is 9.13 Å². The fourth-order valence-electron chi connectivity index (χ4n) is 1.65. The zero-order valence-electron chi connectivity index (χ0n) is 10.7. The molecule has 0 saturated heterocycles. The third kappa shape index (κ3) is 3.38. The van der Waals surface area contributed by atoms with E-state index in [1.54, 1.807) is 6.07 Å². The first-order valence-corrected chi connectivity index (χ1v) is 5.71. The summed E-state index contributed by atoms with van der Waals surface area (Å²) in [5.74, 6) is -0.100. The van der Waals surface area contributed by atoms with Crippen LogP contribution in [0, 0.1) is 12.7 Å². The second kappa shape index (κ2) is 5.62. The van der Waals surface area contributed by atoms with Crippen LogP contribution in [0.2, 0.25) is 0 Å². The predicted molar refractivity (Wildman–Crippen MR) is 70.0 cm³/mol. The largest absolute Gasteiger partial charge is 0.378 e. The Morgan fingerprint density at radius 3 is 2.95 bits per heavy atom. The van der Waals surface area contributed by atoms with Crippen molar-refractivity contribution in [2.75, 3.05) is 12.4 Å². The molecule has 0 spiro atoms. The molecule has 100 valence electrons. The predicted octanol–water partition coefficient (Wildman–Crippen LogP) is 2.11. The molecule has 2 N–H and O–H groups in total. The van der Waals surface area contributed by atoms with Crippen LogP contribution in [-0.4, -0.2) is 17.1 Å². The SMILES string of the molecule is COCc1cc(=O)[nH]c(Nc2cc(F)ccc2C)n1. The second-order valence-electron chi connectivity index (χ2n) is 4.10. The summed E-state index contributed by atoms with van der Waals surface area (Å²) in [6.07, 6.45) is 0. The van der Waals surface area contributed by atoms with Crippen LogP contribution in [0.25, 0.3) is 0 Å². The van der Waals surface area contributed by atoms with Crippen LogP contribution in [0.5, 0.6) is 0 Å². The number of ether oxygens (including phenoxy) is 1.